The number of esters is 1. The smallest absolute Gasteiger partial charge is 0.357 e. The lowest BCUT2D eigenvalue weighted by Gasteiger charge is -2.32. The lowest BCUT2D eigenvalue weighted by atomic mass is 10.4. The summed E-state index contributed by atoms with van der Waals surface area (Å²) in [5, 5.41) is 6.10. The highest BCUT2D eigenvalue weighted by molar-refractivity contribution is 7.95. The van der Waals surface area contributed by atoms with Crippen molar-refractivity contribution in [3.05, 3.63) is 107 Å². The highest BCUT2D eigenvalue weighted by atomic mass is 79.9. The van der Waals surface area contributed by atoms with Gasteiger partial charge in [-0.15, -0.1) is 11.3 Å². The maximum atomic E-state index is 12.3. The molecule has 0 saturated heterocycles. The molecule has 3 aromatic carbocycles. The fraction of sp³-hybridized carbons (Fsp3) is 0.154. The molecule has 0 bridgehead atoms. The number of aromatic nitrogens is 1. The maximum absolute atomic E-state index is 12.3. The second-order valence-corrected chi connectivity index (χ2v) is 11.5. The first-order valence-electron chi connectivity index (χ1n) is 10.4. The second kappa shape index (κ2) is 11.7. The lowest BCUT2D eigenvalue weighted by molar-refractivity contribution is -0.0000245. The highest BCUT2D eigenvalue weighted by Crippen LogP contribution is 2.67. The van der Waals surface area contributed by atoms with Gasteiger partial charge in [0.1, 0.15) is 23.2 Å². The number of hydrogen-bond donors (Lipinski definition) is 0. The number of thiazole rings is 1. The molecule has 1 aromatic heterocycles. The third kappa shape index (κ3) is 4.95. The molecule has 7 heteroatoms. The predicted octanol–water partition coefficient (Wildman–Crippen LogP) is 1.96. The van der Waals surface area contributed by atoms with E-state index in [0.29, 0.717) is 12.3 Å². The summed E-state index contributed by atoms with van der Waals surface area (Å²) in [5.41, 5.74) is 0.321. The molecule has 170 valence electrons. The monoisotopic (exact) mass is 541 g/mol. The SMILES string of the molecule is CCOC(=O)c1csc(C(OC)[P+](c2ccccc2)(c2ccccc2)c2ccccc2)n1.[Br-]. The van der Waals surface area contributed by atoms with E-state index in [1.54, 1.807) is 19.4 Å². The van der Waals surface area contributed by atoms with E-state index in [0.717, 1.165) is 5.01 Å². The number of halogens is 1. The first-order valence-corrected chi connectivity index (χ1v) is 13.2. The van der Waals surface area contributed by atoms with Crippen LogP contribution in [0.4, 0.5) is 0 Å². The highest BCUT2D eigenvalue weighted by Gasteiger charge is 2.55. The summed E-state index contributed by atoms with van der Waals surface area (Å²) < 4.78 is 11.4. The summed E-state index contributed by atoms with van der Waals surface area (Å²) in [6.45, 7) is 2.11. The fourth-order valence-electron chi connectivity index (χ4n) is 3.97. The Morgan fingerprint density at radius 1 is 0.879 bits per heavy atom. The Balaban J connectivity index is 0.00000306. The Labute approximate surface area is 209 Å². The Morgan fingerprint density at radius 2 is 1.33 bits per heavy atom. The first kappa shape index (κ1) is 25.3. The molecule has 0 radical (unpaired) electrons. The molecular weight excluding hydrogens is 517 g/mol. The van der Waals surface area contributed by atoms with Gasteiger partial charge in [0.15, 0.2) is 10.7 Å². The van der Waals surface area contributed by atoms with Crippen molar-refractivity contribution in [2.75, 3.05) is 13.7 Å². The summed E-state index contributed by atoms with van der Waals surface area (Å²) >= 11 is 1.44. The number of ether oxygens (including phenoxy) is 2. The topological polar surface area (TPSA) is 48.4 Å². The number of rotatable bonds is 8. The summed E-state index contributed by atoms with van der Waals surface area (Å²) in [5.74, 6) is -0.768. The number of benzene rings is 3. The molecule has 0 spiro atoms. The molecule has 4 aromatic rings. The van der Waals surface area contributed by atoms with Crippen molar-refractivity contribution >= 4 is 40.5 Å². The summed E-state index contributed by atoms with van der Waals surface area (Å²) in [7, 11) is -0.622. The van der Waals surface area contributed by atoms with E-state index in [-0.39, 0.29) is 22.8 Å². The molecule has 4 nitrogen and oxygen atoms in total. The maximum Gasteiger partial charge on any atom is 0.357 e. The normalized spacial score (nSPS) is 11.9. The van der Waals surface area contributed by atoms with Gasteiger partial charge >= 0.3 is 5.97 Å². The Kier molecular flexibility index (Phi) is 8.93. The summed E-state index contributed by atoms with van der Waals surface area (Å²) in [6, 6.07) is 31.5. The Morgan fingerprint density at radius 3 is 1.73 bits per heavy atom. The van der Waals surface area contributed by atoms with Gasteiger partial charge in [-0.1, -0.05) is 54.6 Å². The van der Waals surface area contributed by atoms with Crippen molar-refractivity contribution in [2.24, 2.45) is 0 Å². The number of hydrogen-bond acceptors (Lipinski definition) is 5. The summed E-state index contributed by atoms with van der Waals surface area (Å²) in [4.78, 5) is 17.0. The van der Waals surface area contributed by atoms with Crippen LogP contribution in [-0.4, -0.2) is 24.7 Å². The van der Waals surface area contributed by atoms with Crippen LogP contribution < -0.4 is 32.9 Å². The van der Waals surface area contributed by atoms with Crippen molar-refractivity contribution in [2.45, 2.75) is 12.8 Å². The van der Waals surface area contributed by atoms with Gasteiger partial charge in [0.25, 0.3) is 0 Å². The van der Waals surface area contributed by atoms with E-state index < -0.39 is 13.2 Å². The van der Waals surface area contributed by atoms with Gasteiger partial charge in [-0.3, -0.25) is 0 Å². The van der Waals surface area contributed by atoms with Crippen LogP contribution in [-0.2, 0) is 9.47 Å². The molecule has 0 amide bonds. The van der Waals surface area contributed by atoms with Crippen molar-refractivity contribution in [1.29, 1.82) is 0 Å². The number of carbonyl (C=O) groups excluding carboxylic acids is 1. The predicted molar refractivity (Wildman–Crippen MR) is 133 cm³/mol. The van der Waals surface area contributed by atoms with Crippen LogP contribution in [0.2, 0.25) is 0 Å². The molecule has 0 N–H and O–H groups in total. The van der Waals surface area contributed by atoms with Crippen LogP contribution in [0.5, 0.6) is 0 Å². The zero-order valence-corrected chi connectivity index (χ0v) is 21.7. The van der Waals surface area contributed by atoms with E-state index >= 15 is 0 Å². The van der Waals surface area contributed by atoms with Gasteiger partial charge in [-0.25, -0.2) is 9.78 Å². The first-order chi connectivity index (χ1) is 15.7. The standard InChI is InChI=1S/C26H25NO3PS.BrH/c1-3-30-25(28)23-19-32-24(27-23)26(29-2)31(20-13-7-4-8-14-20,21-15-9-5-10-16-21)22-17-11-6-12-18-22;/h4-19,26H,3H2,1-2H3;1H/q+1;/p-1. The zero-order valence-electron chi connectivity index (χ0n) is 18.4. The van der Waals surface area contributed by atoms with Gasteiger partial charge in [-0.05, 0) is 43.3 Å². The second-order valence-electron chi connectivity index (χ2n) is 7.11. The van der Waals surface area contributed by atoms with Crippen LogP contribution in [0.1, 0.15) is 28.3 Å². The number of nitrogens with zero attached hydrogens (tertiary/aromatic N) is 1. The van der Waals surface area contributed by atoms with Crippen LogP contribution in [0.15, 0.2) is 96.4 Å². The van der Waals surface area contributed by atoms with Gasteiger partial charge in [0, 0.05) is 12.5 Å². The van der Waals surface area contributed by atoms with E-state index in [1.165, 1.54) is 27.3 Å². The minimum atomic E-state index is -2.34. The summed E-state index contributed by atoms with van der Waals surface area (Å²) in [6.07, 6.45) is 0. The van der Waals surface area contributed by atoms with Gasteiger partial charge < -0.3 is 26.5 Å². The molecule has 0 aliphatic rings. The van der Waals surface area contributed by atoms with E-state index in [2.05, 4.69) is 77.8 Å². The average molecular weight is 542 g/mol. The molecule has 0 aliphatic carbocycles. The van der Waals surface area contributed by atoms with E-state index in [9.17, 15) is 4.79 Å². The van der Waals surface area contributed by atoms with Crippen molar-refractivity contribution in [3.8, 4) is 0 Å². The van der Waals surface area contributed by atoms with E-state index in [4.69, 9.17) is 9.47 Å². The minimum absolute atomic E-state index is 0. The molecule has 1 atom stereocenters. The molecule has 1 heterocycles. The van der Waals surface area contributed by atoms with Gasteiger partial charge in [0.2, 0.25) is 5.85 Å². The molecule has 33 heavy (non-hydrogen) atoms. The van der Waals surface area contributed by atoms with Gasteiger partial charge in [-0.2, -0.15) is 0 Å². The Bertz CT molecular complexity index is 1060. The molecule has 0 aliphatic heterocycles. The molecule has 1 unspecified atom stereocenters. The van der Waals surface area contributed by atoms with Crippen molar-refractivity contribution in [1.82, 2.24) is 4.98 Å². The van der Waals surface area contributed by atoms with Crippen LogP contribution >= 0.6 is 18.6 Å². The molecule has 0 saturated carbocycles. The van der Waals surface area contributed by atoms with E-state index in [1.807, 2.05) is 18.2 Å². The number of carbonyl (C=O) groups is 1. The quantitative estimate of drug-likeness (QED) is 0.253. The van der Waals surface area contributed by atoms with Gasteiger partial charge in [0.05, 0.1) is 6.61 Å². The number of methoxy groups -OCH3 is 1. The van der Waals surface area contributed by atoms with Crippen molar-refractivity contribution < 1.29 is 31.2 Å². The molecule has 4 rings (SSSR count). The average Bonchev–Trinajstić information content (AvgIpc) is 3.34. The third-order valence-electron chi connectivity index (χ3n) is 5.28. The van der Waals surface area contributed by atoms with Crippen LogP contribution in [0.25, 0.3) is 0 Å². The Hall–Kier alpha value is -2.37. The largest absolute Gasteiger partial charge is 1.00 e. The lowest BCUT2D eigenvalue weighted by Crippen LogP contribution is -3.00. The fourth-order valence-corrected chi connectivity index (χ4v) is 9.71. The molecule has 0 fully saturated rings. The molecular formula is C26H25BrNO3PS. The zero-order chi connectivity index (χ0) is 22.4. The van der Waals surface area contributed by atoms with Crippen LogP contribution in [0, 0.1) is 0 Å². The van der Waals surface area contributed by atoms with Crippen LogP contribution in [0.3, 0.4) is 0 Å². The minimum Gasteiger partial charge on any atom is -1.00 e. The van der Waals surface area contributed by atoms with Crippen molar-refractivity contribution in [3.63, 3.8) is 0 Å². The third-order valence-corrected chi connectivity index (χ3v) is 10.8.